The van der Waals surface area contributed by atoms with Gasteiger partial charge in [-0.05, 0) is 43.2 Å². The van der Waals surface area contributed by atoms with Gasteiger partial charge in [0.25, 0.3) is 0 Å². The summed E-state index contributed by atoms with van der Waals surface area (Å²) in [4.78, 5) is 18.5. The molecule has 5 nitrogen and oxygen atoms in total. The zero-order valence-electron chi connectivity index (χ0n) is 12.3. The van der Waals surface area contributed by atoms with Crippen LogP contribution >= 0.6 is 0 Å². The van der Waals surface area contributed by atoms with E-state index in [9.17, 15) is 9.18 Å². The topological polar surface area (TPSA) is 61.9 Å². The van der Waals surface area contributed by atoms with Crippen molar-refractivity contribution < 1.29 is 9.18 Å². The molecule has 1 aliphatic carbocycles. The van der Waals surface area contributed by atoms with E-state index >= 15 is 0 Å². The maximum absolute atomic E-state index is 13.7. The lowest BCUT2D eigenvalue weighted by molar-refractivity contribution is -0.127. The minimum atomic E-state index is -1.06. The number of carbonyl (C=O) groups excluding carboxylic acids is 1. The van der Waals surface area contributed by atoms with E-state index in [0.29, 0.717) is 24.2 Å². The molecule has 0 spiro atoms. The van der Waals surface area contributed by atoms with Crippen molar-refractivity contribution in [3.05, 3.63) is 48.9 Å². The van der Waals surface area contributed by atoms with Gasteiger partial charge in [-0.3, -0.25) is 19.8 Å². The quantitative estimate of drug-likeness (QED) is 0.807. The van der Waals surface area contributed by atoms with Gasteiger partial charge in [-0.1, -0.05) is 0 Å². The SMILES string of the molecule is O=C(C1CCC1F)N(c1cccnc1)c1ccc2[nH]ncc2c1. The first-order valence-electron chi connectivity index (χ1n) is 7.55. The van der Waals surface area contributed by atoms with E-state index in [0.717, 1.165) is 10.9 Å². The summed E-state index contributed by atoms with van der Waals surface area (Å²) in [5.74, 6) is -0.796. The summed E-state index contributed by atoms with van der Waals surface area (Å²) in [5, 5.41) is 7.77. The molecule has 1 amide bonds. The van der Waals surface area contributed by atoms with Gasteiger partial charge in [0.1, 0.15) is 6.17 Å². The third-order valence-electron chi connectivity index (χ3n) is 4.31. The van der Waals surface area contributed by atoms with E-state index in [-0.39, 0.29) is 5.91 Å². The number of aromatic amines is 1. The van der Waals surface area contributed by atoms with Gasteiger partial charge in [0.15, 0.2) is 0 Å². The number of nitrogens with one attached hydrogen (secondary N) is 1. The highest BCUT2D eigenvalue weighted by molar-refractivity contribution is 6.03. The highest BCUT2D eigenvalue weighted by Gasteiger charge is 2.40. The molecule has 1 fully saturated rings. The number of H-pyrrole nitrogens is 1. The van der Waals surface area contributed by atoms with E-state index in [2.05, 4.69) is 15.2 Å². The number of aromatic nitrogens is 3. The summed E-state index contributed by atoms with van der Waals surface area (Å²) < 4.78 is 13.7. The van der Waals surface area contributed by atoms with Gasteiger partial charge >= 0.3 is 0 Å². The van der Waals surface area contributed by atoms with Crippen LogP contribution in [0.4, 0.5) is 15.8 Å². The zero-order chi connectivity index (χ0) is 15.8. The zero-order valence-corrected chi connectivity index (χ0v) is 12.3. The monoisotopic (exact) mass is 310 g/mol. The molecule has 1 saturated carbocycles. The number of pyridine rings is 1. The lowest BCUT2D eigenvalue weighted by Crippen LogP contribution is -2.42. The molecule has 4 rings (SSSR count). The first-order chi connectivity index (χ1) is 11.2. The molecule has 2 unspecified atom stereocenters. The first kappa shape index (κ1) is 13.9. The lowest BCUT2D eigenvalue weighted by atomic mass is 9.82. The predicted molar refractivity (Wildman–Crippen MR) is 85.1 cm³/mol. The van der Waals surface area contributed by atoms with Crippen LogP contribution in [0.15, 0.2) is 48.9 Å². The summed E-state index contributed by atoms with van der Waals surface area (Å²) >= 11 is 0. The first-order valence-corrected chi connectivity index (χ1v) is 7.55. The van der Waals surface area contributed by atoms with Crippen molar-refractivity contribution in [2.24, 2.45) is 5.92 Å². The van der Waals surface area contributed by atoms with Crippen molar-refractivity contribution in [2.75, 3.05) is 4.90 Å². The van der Waals surface area contributed by atoms with Crippen LogP contribution in [0.25, 0.3) is 10.9 Å². The molecule has 1 N–H and O–H groups in total. The molecule has 0 saturated heterocycles. The molecule has 0 bridgehead atoms. The minimum absolute atomic E-state index is 0.223. The fourth-order valence-electron chi connectivity index (χ4n) is 2.86. The van der Waals surface area contributed by atoms with Crippen LogP contribution in [0.5, 0.6) is 0 Å². The fourth-order valence-corrected chi connectivity index (χ4v) is 2.86. The summed E-state index contributed by atoms with van der Waals surface area (Å²) in [7, 11) is 0. The summed E-state index contributed by atoms with van der Waals surface area (Å²) in [6, 6.07) is 9.13. The van der Waals surface area contributed by atoms with E-state index in [1.165, 1.54) is 0 Å². The van der Waals surface area contributed by atoms with Gasteiger partial charge < -0.3 is 0 Å². The van der Waals surface area contributed by atoms with E-state index in [1.807, 2.05) is 18.2 Å². The third-order valence-corrected chi connectivity index (χ3v) is 4.31. The number of amides is 1. The number of hydrogen-bond donors (Lipinski definition) is 1. The smallest absolute Gasteiger partial charge is 0.237 e. The number of rotatable bonds is 3. The molecule has 2 heterocycles. The molecule has 3 aromatic rings. The number of anilines is 2. The second-order valence-electron chi connectivity index (χ2n) is 5.73. The Kier molecular flexibility index (Phi) is 3.29. The van der Waals surface area contributed by atoms with E-state index in [1.54, 1.807) is 35.6 Å². The largest absolute Gasteiger partial charge is 0.279 e. The molecule has 1 aliphatic rings. The van der Waals surface area contributed by atoms with Crippen LogP contribution in [-0.4, -0.2) is 27.3 Å². The van der Waals surface area contributed by atoms with Crippen LogP contribution in [0.3, 0.4) is 0 Å². The molecular formula is C17H15FN4O. The molecule has 2 atom stereocenters. The van der Waals surface area contributed by atoms with Gasteiger partial charge in [-0.2, -0.15) is 5.10 Å². The van der Waals surface area contributed by atoms with E-state index < -0.39 is 12.1 Å². The molecule has 23 heavy (non-hydrogen) atoms. The van der Waals surface area contributed by atoms with Crippen LogP contribution in [-0.2, 0) is 4.79 Å². The average molecular weight is 310 g/mol. The Labute approximate surface area is 132 Å². The number of alkyl halides is 1. The molecule has 0 radical (unpaired) electrons. The molecule has 0 aliphatic heterocycles. The van der Waals surface area contributed by atoms with Crippen molar-refractivity contribution in [3.63, 3.8) is 0 Å². The van der Waals surface area contributed by atoms with Crippen LogP contribution in [0.1, 0.15) is 12.8 Å². The number of benzene rings is 1. The minimum Gasteiger partial charge on any atom is -0.279 e. The Morgan fingerprint density at radius 3 is 2.83 bits per heavy atom. The van der Waals surface area contributed by atoms with Gasteiger partial charge in [0.05, 0.1) is 29.5 Å². The van der Waals surface area contributed by atoms with Crippen molar-refractivity contribution in [2.45, 2.75) is 19.0 Å². The van der Waals surface area contributed by atoms with Crippen molar-refractivity contribution in [1.29, 1.82) is 0 Å². The fraction of sp³-hybridized carbons (Fsp3) is 0.235. The summed E-state index contributed by atoms with van der Waals surface area (Å²) in [6.45, 7) is 0. The molecule has 2 aromatic heterocycles. The van der Waals surface area contributed by atoms with Gasteiger partial charge in [0.2, 0.25) is 5.91 Å². The average Bonchev–Trinajstić information content (AvgIpc) is 3.02. The normalized spacial score (nSPS) is 20.2. The maximum Gasteiger partial charge on any atom is 0.237 e. The number of halogens is 1. The van der Waals surface area contributed by atoms with Crippen molar-refractivity contribution in [1.82, 2.24) is 15.2 Å². The molecular weight excluding hydrogens is 295 g/mol. The van der Waals surface area contributed by atoms with Crippen molar-refractivity contribution >= 4 is 28.2 Å². The second kappa shape index (κ2) is 5.46. The number of nitrogens with zero attached hydrogens (tertiary/aromatic N) is 3. The summed E-state index contributed by atoms with van der Waals surface area (Å²) in [6.07, 6.45) is 4.95. The highest BCUT2D eigenvalue weighted by atomic mass is 19.1. The molecule has 1 aromatic carbocycles. The lowest BCUT2D eigenvalue weighted by Gasteiger charge is -2.34. The molecule has 116 valence electrons. The van der Waals surface area contributed by atoms with Crippen LogP contribution in [0, 0.1) is 5.92 Å². The highest BCUT2D eigenvalue weighted by Crippen LogP contribution is 2.36. The van der Waals surface area contributed by atoms with Gasteiger partial charge in [-0.15, -0.1) is 0 Å². The van der Waals surface area contributed by atoms with Gasteiger partial charge in [0, 0.05) is 17.3 Å². The standard InChI is InChI=1S/C17H15FN4O/c18-15-5-4-14(15)17(23)22(13-2-1-7-19-10-13)12-3-6-16-11(8-12)9-20-21-16/h1-3,6-10,14-15H,4-5H2,(H,20,21). The van der Waals surface area contributed by atoms with Gasteiger partial charge in [-0.25, -0.2) is 4.39 Å². The Balaban J connectivity index is 1.79. The number of carbonyl (C=O) groups is 1. The summed E-state index contributed by atoms with van der Waals surface area (Å²) in [5.41, 5.74) is 2.22. The number of hydrogen-bond acceptors (Lipinski definition) is 3. The van der Waals surface area contributed by atoms with Crippen LogP contribution < -0.4 is 4.90 Å². The molecule has 6 heteroatoms. The Morgan fingerprint density at radius 2 is 2.13 bits per heavy atom. The van der Waals surface area contributed by atoms with E-state index in [4.69, 9.17) is 0 Å². The van der Waals surface area contributed by atoms with Crippen LogP contribution in [0.2, 0.25) is 0 Å². The Hall–Kier alpha value is -2.76. The number of fused-ring (bicyclic) bond motifs is 1. The Bertz CT molecular complexity index is 848. The predicted octanol–water partition coefficient (Wildman–Crippen LogP) is 3.37. The van der Waals surface area contributed by atoms with Crippen molar-refractivity contribution in [3.8, 4) is 0 Å². The second-order valence-corrected chi connectivity index (χ2v) is 5.73. The maximum atomic E-state index is 13.7. The Morgan fingerprint density at radius 1 is 1.22 bits per heavy atom. The third kappa shape index (κ3) is 2.36.